The molecule has 0 aliphatic heterocycles. The van der Waals surface area contributed by atoms with E-state index in [2.05, 4.69) is 14.5 Å². The fourth-order valence-corrected chi connectivity index (χ4v) is 2.37. The Bertz CT molecular complexity index is 777. The summed E-state index contributed by atoms with van der Waals surface area (Å²) in [5.41, 5.74) is 7.86. The minimum Gasteiger partial charge on any atom is -0.398 e. The number of para-hydroxylation sites is 1. The van der Waals surface area contributed by atoms with Gasteiger partial charge in [0.05, 0.1) is 6.20 Å². The van der Waals surface area contributed by atoms with Crippen molar-refractivity contribution in [2.45, 2.75) is 6.18 Å². The highest BCUT2D eigenvalue weighted by atomic mass is 32.1. The molecule has 2 aromatic heterocycles. The number of anilines is 1. The molecule has 3 rings (SSSR count). The largest absolute Gasteiger partial charge is 0.452 e. The Morgan fingerprint density at radius 3 is 2.62 bits per heavy atom. The highest BCUT2D eigenvalue weighted by Gasteiger charge is 2.36. The van der Waals surface area contributed by atoms with Crippen molar-refractivity contribution in [1.82, 2.24) is 19.1 Å². The number of nitrogens with zero attached hydrogens (tertiary/aromatic N) is 4. The SMILES string of the molecule is Nc1ccccc1-c1cnn(-c2nc(C(F)(F)F)ns2)c1. The number of halogens is 3. The molecule has 0 atom stereocenters. The van der Waals surface area contributed by atoms with Gasteiger partial charge in [-0.25, -0.2) is 4.68 Å². The predicted octanol–water partition coefficient (Wildman–Crippen LogP) is 2.99. The van der Waals surface area contributed by atoms with Crippen molar-refractivity contribution < 1.29 is 13.2 Å². The van der Waals surface area contributed by atoms with Gasteiger partial charge in [-0.2, -0.15) is 27.6 Å². The average Bonchev–Trinajstić information content (AvgIpc) is 3.07. The van der Waals surface area contributed by atoms with Crippen molar-refractivity contribution in [2.24, 2.45) is 0 Å². The molecular weight excluding hydrogens is 303 g/mol. The van der Waals surface area contributed by atoms with Crippen LogP contribution in [0.4, 0.5) is 18.9 Å². The number of hydrogen-bond donors (Lipinski definition) is 1. The summed E-state index contributed by atoms with van der Waals surface area (Å²) < 4.78 is 42.0. The number of rotatable bonds is 2. The monoisotopic (exact) mass is 311 g/mol. The first kappa shape index (κ1) is 13.6. The molecule has 108 valence electrons. The zero-order valence-corrected chi connectivity index (χ0v) is 11.2. The van der Waals surface area contributed by atoms with Crippen molar-refractivity contribution in [3.05, 3.63) is 42.5 Å². The first-order chi connectivity index (χ1) is 9.95. The molecule has 2 heterocycles. The number of nitrogens with two attached hydrogens (primary N) is 1. The Morgan fingerprint density at radius 2 is 1.95 bits per heavy atom. The van der Waals surface area contributed by atoms with E-state index in [0.29, 0.717) is 22.8 Å². The van der Waals surface area contributed by atoms with Gasteiger partial charge in [0.25, 0.3) is 0 Å². The van der Waals surface area contributed by atoms with E-state index in [4.69, 9.17) is 5.73 Å². The normalized spacial score (nSPS) is 11.8. The van der Waals surface area contributed by atoms with Crippen LogP contribution in [0, 0.1) is 0 Å². The van der Waals surface area contributed by atoms with E-state index in [1.165, 1.54) is 10.9 Å². The van der Waals surface area contributed by atoms with Crippen molar-refractivity contribution in [1.29, 1.82) is 0 Å². The molecule has 1 aromatic carbocycles. The maximum absolute atomic E-state index is 12.5. The number of alkyl halides is 3. The Morgan fingerprint density at radius 1 is 1.19 bits per heavy atom. The van der Waals surface area contributed by atoms with Gasteiger partial charge in [0.15, 0.2) is 0 Å². The van der Waals surface area contributed by atoms with Crippen LogP contribution >= 0.6 is 11.5 Å². The second kappa shape index (κ2) is 4.85. The average molecular weight is 311 g/mol. The molecule has 3 aromatic rings. The van der Waals surface area contributed by atoms with Gasteiger partial charge in [0.1, 0.15) is 0 Å². The quantitative estimate of drug-likeness (QED) is 0.739. The molecular formula is C12H8F3N5S. The van der Waals surface area contributed by atoms with Crippen LogP contribution in [0.15, 0.2) is 36.7 Å². The third kappa shape index (κ3) is 2.59. The maximum atomic E-state index is 12.5. The van der Waals surface area contributed by atoms with E-state index in [1.54, 1.807) is 24.4 Å². The maximum Gasteiger partial charge on any atom is 0.452 e. The molecule has 0 saturated heterocycles. The zero-order chi connectivity index (χ0) is 15.0. The third-order valence-corrected chi connectivity index (χ3v) is 3.43. The Balaban J connectivity index is 1.96. The lowest BCUT2D eigenvalue weighted by molar-refractivity contribution is -0.144. The second-order valence-corrected chi connectivity index (χ2v) is 4.89. The zero-order valence-electron chi connectivity index (χ0n) is 10.4. The van der Waals surface area contributed by atoms with Crippen molar-refractivity contribution in [2.75, 3.05) is 5.73 Å². The van der Waals surface area contributed by atoms with Crippen LogP contribution in [0.3, 0.4) is 0 Å². The Hall–Kier alpha value is -2.42. The van der Waals surface area contributed by atoms with Gasteiger partial charge < -0.3 is 5.73 Å². The van der Waals surface area contributed by atoms with Gasteiger partial charge in [-0.15, -0.1) is 0 Å². The van der Waals surface area contributed by atoms with Crippen molar-refractivity contribution in [3.63, 3.8) is 0 Å². The fourth-order valence-electron chi connectivity index (χ4n) is 1.75. The van der Waals surface area contributed by atoms with Gasteiger partial charge in [-0.3, -0.25) is 0 Å². The Kier molecular flexibility index (Phi) is 3.13. The molecule has 0 aliphatic rings. The lowest BCUT2D eigenvalue weighted by Crippen LogP contribution is -2.07. The minimum atomic E-state index is -4.56. The van der Waals surface area contributed by atoms with E-state index < -0.39 is 12.0 Å². The van der Waals surface area contributed by atoms with Crippen LogP contribution < -0.4 is 5.73 Å². The number of aromatic nitrogens is 4. The van der Waals surface area contributed by atoms with Crippen molar-refractivity contribution in [3.8, 4) is 16.3 Å². The number of nitrogen functional groups attached to an aromatic ring is 1. The van der Waals surface area contributed by atoms with Crippen LogP contribution in [0.25, 0.3) is 16.3 Å². The molecule has 0 radical (unpaired) electrons. The molecule has 2 N–H and O–H groups in total. The van der Waals surface area contributed by atoms with E-state index in [9.17, 15) is 13.2 Å². The lowest BCUT2D eigenvalue weighted by atomic mass is 10.1. The molecule has 0 saturated carbocycles. The summed E-state index contributed by atoms with van der Waals surface area (Å²) in [7, 11) is 0. The van der Waals surface area contributed by atoms with Gasteiger partial charge in [-0.05, 0) is 6.07 Å². The summed E-state index contributed by atoms with van der Waals surface area (Å²) in [5.74, 6) is -1.17. The van der Waals surface area contributed by atoms with Crippen molar-refractivity contribution >= 4 is 17.2 Å². The van der Waals surface area contributed by atoms with E-state index >= 15 is 0 Å². The number of benzene rings is 1. The second-order valence-electron chi connectivity index (χ2n) is 4.16. The Labute approximate surface area is 121 Å². The highest BCUT2D eigenvalue weighted by molar-refractivity contribution is 7.08. The van der Waals surface area contributed by atoms with Crippen LogP contribution in [0.2, 0.25) is 0 Å². The summed E-state index contributed by atoms with van der Waals surface area (Å²) in [6, 6.07) is 7.15. The van der Waals surface area contributed by atoms with Gasteiger partial charge >= 0.3 is 6.18 Å². The minimum absolute atomic E-state index is 0.0445. The molecule has 5 nitrogen and oxygen atoms in total. The van der Waals surface area contributed by atoms with Gasteiger partial charge in [0.2, 0.25) is 11.0 Å². The molecule has 21 heavy (non-hydrogen) atoms. The summed E-state index contributed by atoms with van der Waals surface area (Å²) in [4.78, 5) is 3.43. The molecule has 0 aliphatic carbocycles. The van der Waals surface area contributed by atoms with E-state index in [1.807, 2.05) is 6.07 Å². The summed E-state index contributed by atoms with van der Waals surface area (Å²) in [5, 5.41) is 4.05. The molecule has 0 fully saturated rings. The fraction of sp³-hybridized carbons (Fsp3) is 0.0833. The lowest BCUT2D eigenvalue weighted by Gasteiger charge is -2.00. The van der Waals surface area contributed by atoms with Crippen LogP contribution in [0.5, 0.6) is 0 Å². The first-order valence-corrected chi connectivity index (χ1v) is 6.53. The van der Waals surface area contributed by atoms with Gasteiger partial charge in [-0.1, -0.05) is 18.2 Å². The molecule has 0 spiro atoms. The topological polar surface area (TPSA) is 69.6 Å². The highest BCUT2D eigenvalue weighted by Crippen LogP contribution is 2.29. The van der Waals surface area contributed by atoms with Crippen LogP contribution in [-0.2, 0) is 6.18 Å². The summed E-state index contributed by atoms with van der Waals surface area (Å²) >= 11 is 0.630. The molecule has 0 amide bonds. The first-order valence-electron chi connectivity index (χ1n) is 5.76. The summed E-state index contributed by atoms with van der Waals surface area (Å²) in [6.45, 7) is 0. The third-order valence-electron chi connectivity index (χ3n) is 2.72. The standard InChI is InChI=1S/C12H8F3N5S/c13-12(14,15)10-18-11(21-19-10)20-6-7(5-17-20)8-3-1-2-4-9(8)16/h1-6H,16H2. The van der Waals surface area contributed by atoms with Crippen LogP contribution in [0.1, 0.15) is 5.82 Å². The smallest absolute Gasteiger partial charge is 0.398 e. The molecule has 9 heteroatoms. The number of hydrogen-bond acceptors (Lipinski definition) is 5. The summed E-state index contributed by atoms with van der Waals surface area (Å²) in [6.07, 6.45) is -1.48. The van der Waals surface area contributed by atoms with E-state index in [0.717, 1.165) is 5.56 Å². The van der Waals surface area contributed by atoms with Gasteiger partial charge in [0, 0.05) is 34.5 Å². The van der Waals surface area contributed by atoms with E-state index in [-0.39, 0.29) is 5.13 Å². The predicted molar refractivity (Wildman–Crippen MR) is 71.9 cm³/mol. The molecule has 0 unspecified atom stereocenters. The molecule has 0 bridgehead atoms. The van der Waals surface area contributed by atoms with Crippen LogP contribution in [-0.4, -0.2) is 19.1 Å².